The molecule has 0 fully saturated rings. The van der Waals surface area contributed by atoms with Crippen LogP contribution >= 0.6 is 34.8 Å². The highest BCUT2D eigenvalue weighted by atomic mass is 35.5. The van der Waals surface area contributed by atoms with Crippen molar-refractivity contribution in [1.82, 2.24) is 0 Å². The summed E-state index contributed by atoms with van der Waals surface area (Å²) in [5.41, 5.74) is 0.154. The van der Waals surface area contributed by atoms with E-state index in [1.54, 1.807) is 0 Å². The summed E-state index contributed by atoms with van der Waals surface area (Å²) in [4.78, 5) is 12.0. The van der Waals surface area contributed by atoms with Crippen LogP contribution in [0.4, 0.5) is 5.69 Å². The van der Waals surface area contributed by atoms with E-state index in [0.717, 1.165) is 6.07 Å². The fourth-order valence-electron chi connectivity index (χ4n) is 1.51. The van der Waals surface area contributed by atoms with Crippen LogP contribution in [0, 0.1) is 0 Å². The molecule has 0 spiro atoms. The molecule has 0 bridgehead atoms. The molecule has 0 radical (unpaired) electrons. The zero-order valence-electron chi connectivity index (χ0n) is 9.82. The maximum absolute atomic E-state index is 12.0. The van der Waals surface area contributed by atoms with Crippen LogP contribution in [0.25, 0.3) is 0 Å². The predicted molar refractivity (Wildman–Crippen MR) is 79.2 cm³/mol. The minimum Gasteiger partial charge on any atom is -0.508 e. The number of rotatable bonds is 2. The first kappa shape index (κ1) is 14.8. The van der Waals surface area contributed by atoms with E-state index in [2.05, 4.69) is 5.32 Å². The van der Waals surface area contributed by atoms with E-state index in [1.165, 1.54) is 24.3 Å². The molecule has 0 aromatic heterocycles. The van der Waals surface area contributed by atoms with Gasteiger partial charge in [0.05, 0.1) is 26.3 Å². The van der Waals surface area contributed by atoms with E-state index in [4.69, 9.17) is 34.8 Å². The van der Waals surface area contributed by atoms with Gasteiger partial charge in [0.2, 0.25) is 0 Å². The van der Waals surface area contributed by atoms with Crippen molar-refractivity contribution in [1.29, 1.82) is 0 Å². The van der Waals surface area contributed by atoms with Crippen molar-refractivity contribution in [3.63, 3.8) is 0 Å². The van der Waals surface area contributed by atoms with Gasteiger partial charge in [0.15, 0.2) is 0 Å². The van der Waals surface area contributed by atoms with Gasteiger partial charge in [-0.25, -0.2) is 0 Å². The minimum absolute atomic E-state index is 0.0906. The third kappa shape index (κ3) is 3.10. The topological polar surface area (TPSA) is 69.6 Å². The zero-order chi connectivity index (χ0) is 14.9. The first-order chi connectivity index (χ1) is 9.38. The minimum atomic E-state index is -0.640. The third-order valence-corrected chi connectivity index (χ3v) is 3.52. The molecule has 7 heteroatoms. The molecule has 0 aliphatic rings. The molecule has 0 heterocycles. The number of phenolic OH excluding ortho intramolecular Hbond substituents is 2. The van der Waals surface area contributed by atoms with Crippen molar-refractivity contribution >= 4 is 46.4 Å². The Morgan fingerprint density at radius 1 is 0.950 bits per heavy atom. The van der Waals surface area contributed by atoms with Crippen molar-refractivity contribution in [3.8, 4) is 11.5 Å². The van der Waals surface area contributed by atoms with Crippen molar-refractivity contribution in [2.45, 2.75) is 0 Å². The van der Waals surface area contributed by atoms with Gasteiger partial charge < -0.3 is 15.5 Å². The standard InChI is InChI=1S/C13H8Cl3NO3/c14-8-4-10(16)11(5-9(8)15)17-13(20)7-3-6(18)1-2-12(7)19/h1-5,18-19H,(H,17,20). The van der Waals surface area contributed by atoms with Crippen LogP contribution < -0.4 is 5.32 Å². The van der Waals surface area contributed by atoms with Gasteiger partial charge in [0.1, 0.15) is 11.5 Å². The molecule has 0 saturated carbocycles. The molecule has 1 amide bonds. The highest BCUT2D eigenvalue weighted by Crippen LogP contribution is 2.33. The van der Waals surface area contributed by atoms with Crippen LogP contribution in [0.2, 0.25) is 15.1 Å². The molecule has 2 rings (SSSR count). The number of hydrogen-bond acceptors (Lipinski definition) is 3. The summed E-state index contributed by atoms with van der Waals surface area (Å²) in [6, 6.07) is 6.39. The molecule has 0 atom stereocenters. The maximum Gasteiger partial charge on any atom is 0.259 e. The number of aromatic hydroxyl groups is 2. The van der Waals surface area contributed by atoms with E-state index in [9.17, 15) is 15.0 Å². The number of carbonyl (C=O) groups excluding carboxylic acids is 1. The number of hydrogen-bond donors (Lipinski definition) is 3. The van der Waals surface area contributed by atoms with Gasteiger partial charge in [0.25, 0.3) is 5.91 Å². The third-order valence-electron chi connectivity index (χ3n) is 2.48. The van der Waals surface area contributed by atoms with Crippen molar-refractivity contribution in [3.05, 3.63) is 51.0 Å². The number of halogens is 3. The Hall–Kier alpha value is -1.62. The lowest BCUT2D eigenvalue weighted by molar-refractivity contribution is 0.102. The van der Waals surface area contributed by atoms with E-state index in [0.29, 0.717) is 0 Å². The smallest absolute Gasteiger partial charge is 0.259 e. The summed E-state index contributed by atoms with van der Waals surface area (Å²) in [7, 11) is 0. The Morgan fingerprint density at radius 3 is 2.30 bits per heavy atom. The molecule has 0 aliphatic carbocycles. The molecule has 4 nitrogen and oxygen atoms in total. The summed E-state index contributed by atoms with van der Waals surface area (Å²) < 4.78 is 0. The summed E-state index contributed by atoms with van der Waals surface area (Å²) in [6.45, 7) is 0. The molecule has 20 heavy (non-hydrogen) atoms. The molecular formula is C13H8Cl3NO3. The van der Waals surface area contributed by atoms with Crippen LogP contribution in [0.1, 0.15) is 10.4 Å². The van der Waals surface area contributed by atoms with Crippen molar-refractivity contribution in [2.24, 2.45) is 0 Å². The SMILES string of the molecule is O=C(Nc1cc(Cl)c(Cl)cc1Cl)c1cc(O)ccc1O. The fraction of sp³-hybridized carbons (Fsp3) is 0. The van der Waals surface area contributed by atoms with Crippen LogP contribution in [0.15, 0.2) is 30.3 Å². The van der Waals surface area contributed by atoms with Crippen molar-refractivity contribution < 1.29 is 15.0 Å². The zero-order valence-corrected chi connectivity index (χ0v) is 12.1. The number of amides is 1. The lowest BCUT2D eigenvalue weighted by atomic mass is 10.1. The quantitative estimate of drug-likeness (QED) is 0.567. The summed E-state index contributed by atoms with van der Waals surface area (Å²) in [5.74, 6) is -1.05. The first-order valence-electron chi connectivity index (χ1n) is 5.36. The van der Waals surface area contributed by atoms with Gasteiger partial charge in [-0.15, -0.1) is 0 Å². The highest BCUT2D eigenvalue weighted by Gasteiger charge is 2.15. The van der Waals surface area contributed by atoms with Crippen LogP contribution in [-0.2, 0) is 0 Å². The Bertz CT molecular complexity index is 689. The van der Waals surface area contributed by atoms with Crippen LogP contribution in [0.5, 0.6) is 11.5 Å². The van der Waals surface area contributed by atoms with Gasteiger partial charge in [-0.05, 0) is 30.3 Å². The van der Waals surface area contributed by atoms with Gasteiger partial charge in [-0.3, -0.25) is 4.79 Å². The van der Waals surface area contributed by atoms with Gasteiger partial charge in [-0.1, -0.05) is 34.8 Å². The summed E-state index contributed by atoms with van der Waals surface area (Å²) >= 11 is 17.6. The summed E-state index contributed by atoms with van der Waals surface area (Å²) in [5, 5.41) is 22.1. The first-order valence-corrected chi connectivity index (χ1v) is 6.49. The van der Waals surface area contributed by atoms with E-state index >= 15 is 0 Å². The molecular weight excluding hydrogens is 325 g/mol. The van der Waals surface area contributed by atoms with E-state index in [1.807, 2.05) is 0 Å². The molecule has 3 N–H and O–H groups in total. The fourth-order valence-corrected chi connectivity index (χ4v) is 2.11. The predicted octanol–water partition coefficient (Wildman–Crippen LogP) is 4.31. The van der Waals surface area contributed by atoms with Gasteiger partial charge >= 0.3 is 0 Å². The molecule has 2 aromatic carbocycles. The molecule has 0 saturated heterocycles. The molecule has 104 valence electrons. The number of phenols is 2. The number of carbonyl (C=O) groups is 1. The second kappa shape index (κ2) is 5.79. The largest absolute Gasteiger partial charge is 0.508 e. The Kier molecular flexibility index (Phi) is 4.28. The van der Waals surface area contributed by atoms with Crippen molar-refractivity contribution in [2.75, 3.05) is 5.32 Å². The van der Waals surface area contributed by atoms with Gasteiger partial charge in [0, 0.05) is 0 Å². The van der Waals surface area contributed by atoms with E-state index in [-0.39, 0.29) is 37.8 Å². The lowest BCUT2D eigenvalue weighted by Gasteiger charge is -2.10. The van der Waals surface area contributed by atoms with Crippen LogP contribution in [0.3, 0.4) is 0 Å². The molecule has 0 aliphatic heterocycles. The lowest BCUT2D eigenvalue weighted by Crippen LogP contribution is -2.12. The Labute approximate surface area is 129 Å². The van der Waals surface area contributed by atoms with E-state index < -0.39 is 5.91 Å². The number of benzene rings is 2. The second-order valence-electron chi connectivity index (χ2n) is 3.90. The molecule has 2 aromatic rings. The number of nitrogens with one attached hydrogen (secondary N) is 1. The average molecular weight is 333 g/mol. The average Bonchev–Trinajstić information content (AvgIpc) is 2.38. The summed E-state index contributed by atoms with van der Waals surface area (Å²) in [6.07, 6.45) is 0. The Morgan fingerprint density at radius 2 is 1.60 bits per heavy atom. The second-order valence-corrected chi connectivity index (χ2v) is 5.12. The molecule has 0 unspecified atom stereocenters. The Balaban J connectivity index is 2.32. The normalized spacial score (nSPS) is 10.3. The maximum atomic E-state index is 12.0. The highest BCUT2D eigenvalue weighted by molar-refractivity contribution is 6.44. The monoisotopic (exact) mass is 331 g/mol. The van der Waals surface area contributed by atoms with Crippen LogP contribution in [-0.4, -0.2) is 16.1 Å². The van der Waals surface area contributed by atoms with Gasteiger partial charge in [-0.2, -0.15) is 0 Å². The number of anilines is 1.